The van der Waals surface area contributed by atoms with Crippen LogP contribution in [0.3, 0.4) is 0 Å². The van der Waals surface area contributed by atoms with Gasteiger partial charge in [-0.15, -0.1) is 0 Å². The molecule has 0 unspecified atom stereocenters. The number of hydrogen-bond donors (Lipinski definition) is 1. The van der Waals surface area contributed by atoms with E-state index in [-0.39, 0.29) is 5.91 Å². The summed E-state index contributed by atoms with van der Waals surface area (Å²) in [5.41, 5.74) is 2.91. The molecule has 94 valence electrons. The first-order valence-electron chi connectivity index (χ1n) is 6.56. The van der Waals surface area contributed by atoms with Crippen molar-refractivity contribution in [1.82, 2.24) is 5.32 Å². The fourth-order valence-corrected chi connectivity index (χ4v) is 2.02. The van der Waals surface area contributed by atoms with Gasteiger partial charge in [0.2, 0.25) is 0 Å². The van der Waals surface area contributed by atoms with Gasteiger partial charge < -0.3 is 5.32 Å². The number of aryl methyl sites for hydroxylation is 1. The number of allylic oxidation sites excluding steroid dienone is 3. The third-order valence-corrected chi connectivity index (χ3v) is 3.01. The first-order valence-corrected chi connectivity index (χ1v) is 6.56. The summed E-state index contributed by atoms with van der Waals surface area (Å²) in [6.07, 6.45) is 10.4. The Morgan fingerprint density at radius 2 is 2.00 bits per heavy atom. The quantitative estimate of drug-likeness (QED) is 0.857. The number of benzene rings is 1. The minimum Gasteiger partial charge on any atom is -0.322 e. The summed E-state index contributed by atoms with van der Waals surface area (Å²) in [7, 11) is 0. The fraction of sp³-hybridized carbons (Fsp3) is 0.312. The van der Waals surface area contributed by atoms with E-state index in [4.69, 9.17) is 0 Å². The van der Waals surface area contributed by atoms with Crippen LogP contribution in [-0.2, 0) is 6.42 Å². The molecular weight excluding hydrogens is 222 g/mol. The first-order chi connectivity index (χ1) is 8.79. The standard InChI is InChI=1S/C16H19NO/c1-2-6-13-9-11-14(12-10-13)16(18)17-15-7-4-3-5-8-15/h4,7-12H,2-3,5-6H2,1H3,(H,17,18). The zero-order chi connectivity index (χ0) is 12.8. The topological polar surface area (TPSA) is 29.1 Å². The molecule has 0 aromatic heterocycles. The lowest BCUT2D eigenvalue weighted by molar-refractivity contribution is 0.0967. The van der Waals surface area contributed by atoms with E-state index in [1.165, 1.54) is 5.56 Å². The summed E-state index contributed by atoms with van der Waals surface area (Å²) in [6, 6.07) is 7.86. The Bertz CT molecular complexity index is 468. The van der Waals surface area contributed by atoms with E-state index in [0.29, 0.717) is 0 Å². The smallest absolute Gasteiger partial charge is 0.255 e. The summed E-state index contributed by atoms with van der Waals surface area (Å²) in [5, 5.41) is 2.92. The zero-order valence-corrected chi connectivity index (χ0v) is 10.8. The second kappa shape index (κ2) is 6.20. The molecule has 1 aliphatic carbocycles. The molecule has 0 saturated heterocycles. The van der Waals surface area contributed by atoms with Crippen molar-refractivity contribution in [2.75, 3.05) is 0 Å². The third-order valence-electron chi connectivity index (χ3n) is 3.01. The predicted molar refractivity (Wildman–Crippen MR) is 74.4 cm³/mol. The van der Waals surface area contributed by atoms with Gasteiger partial charge in [0.05, 0.1) is 0 Å². The number of amides is 1. The maximum absolute atomic E-state index is 12.0. The highest BCUT2D eigenvalue weighted by atomic mass is 16.1. The van der Waals surface area contributed by atoms with Gasteiger partial charge in [0.1, 0.15) is 0 Å². The first kappa shape index (κ1) is 12.6. The van der Waals surface area contributed by atoms with Crippen molar-refractivity contribution in [3.05, 3.63) is 59.3 Å². The molecule has 1 amide bonds. The molecule has 1 aromatic carbocycles. The Hall–Kier alpha value is -1.83. The minimum absolute atomic E-state index is 0.0316. The van der Waals surface area contributed by atoms with Gasteiger partial charge in [-0.2, -0.15) is 0 Å². The summed E-state index contributed by atoms with van der Waals surface area (Å²) in [4.78, 5) is 12.0. The molecule has 1 aliphatic rings. The molecule has 0 fully saturated rings. The number of carbonyl (C=O) groups is 1. The molecule has 0 spiro atoms. The number of rotatable bonds is 4. The molecule has 0 aliphatic heterocycles. The third kappa shape index (κ3) is 3.33. The Morgan fingerprint density at radius 1 is 1.22 bits per heavy atom. The highest BCUT2D eigenvalue weighted by Gasteiger charge is 2.07. The number of hydrogen-bond acceptors (Lipinski definition) is 1. The van der Waals surface area contributed by atoms with Crippen molar-refractivity contribution in [2.24, 2.45) is 0 Å². The van der Waals surface area contributed by atoms with E-state index >= 15 is 0 Å². The Morgan fingerprint density at radius 3 is 2.61 bits per heavy atom. The normalized spacial score (nSPS) is 14.2. The van der Waals surface area contributed by atoms with Crippen molar-refractivity contribution in [3.8, 4) is 0 Å². The van der Waals surface area contributed by atoms with Crippen molar-refractivity contribution in [2.45, 2.75) is 32.6 Å². The molecule has 0 saturated carbocycles. The van der Waals surface area contributed by atoms with Crippen LogP contribution >= 0.6 is 0 Å². The highest BCUT2D eigenvalue weighted by molar-refractivity contribution is 5.95. The number of carbonyl (C=O) groups excluding carboxylic acids is 1. The van der Waals surface area contributed by atoms with Gasteiger partial charge in [-0.05, 0) is 43.0 Å². The van der Waals surface area contributed by atoms with Crippen molar-refractivity contribution >= 4 is 5.91 Å². The monoisotopic (exact) mass is 241 g/mol. The van der Waals surface area contributed by atoms with Crippen LogP contribution in [0.2, 0.25) is 0 Å². The van der Waals surface area contributed by atoms with Gasteiger partial charge in [0, 0.05) is 11.3 Å². The van der Waals surface area contributed by atoms with Gasteiger partial charge in [-0.25, -0.2) is 0 Å². The lowest BCUT2D eigenvalue weighted by Gasteiger charge is -2.09. The molecule has 0 heterocycles. The maximum atomic E-state index is 12.0. The second-order valence-electron chi connectivity index (χ2n) is 4.54. The largest absolute Gasteiger partial charge is 0.322 e. The molecule has 18 heavy (non-hydrogen) atoms. The van der Waals surface area contributed by atoms with Crippen LogP contribution in [0, 0.1) is 0 Å². The van der Waals surface area contributed by atoms with Crippen LogP contribution in [0.15, 0.2) is 48.2 Å². The van der Waals surface area contributed by atoms with Crippen molar-refractivity contribution in [1.29, 1.82) is 0 Å². The van der Waals surface area contributed by atoms with Gasteiger partial charge in [-0.1, -0.05) is 37.6 Å². The fourth-order valence-electron chi connectivity index (χ4n) is 2.02. The molecule has 0 bridgehead atoms. The Labute approximate surface area is 108 Å². The molecule has 2 nitrogen and oxygen atoms in total. The molecule has 2 heteroatoms. The van der Waals surface area contributed by atoms with Crippen molar-refractivity contribution in [3.63, 3.8) is 0 Å². The zero-order valence-electron chi connectivity index (χ0n) is 10.8. The maximum Gasteiger partial charge on any atom is 0.255 e. The van der Waals surface area contributed by atoms with E-state index in [9.17, 15) is 4.79 Å². The molecule has 2 rings (SSSR count). The number of nitrogens with one attached hydrogen (secondary N) is 1. The Balaban J connectivity index is 2.00. The van der Waals surface area contributed by atoms with E-state index in [1.54, 1.807) is 0 Å². The minimum atomic E-state index is -0.0316. The molecule has 0 radical (unpaired) electrons. The lowest BCUT2D eigenvalue weighted by Crippen LogP contribution is -2.22. The Kier molecular flexibility index (Phi) is 4.35. The summed E-state index contributed by atoms with van der Waals surface area (Å²) >= 11 is 0. The van der Waals surface area contributed by atoms with Crippen LogP contribution in [0.25, 0.3) is 0 Å². The van der Waals surface area contributed by atoms with Gasteiger partial charge >= 0.3 is 0 Å². The average molecular weight is 241 g/mol. The van der Waals surface area contributed by atoms with Crippen LogP contribution in [0.5, 0.6) is 0 Å². The van der Waals surface area contributed by atoms with E-state index in [0.717, 1.165) is 36.9 Å². The summed E-state index contributed by atoms with van der Waals surface area (Å²) in [5.74, 6) is -0.0316. The van der Waals surface area contributed by atoms with Crippen LogP contribution in [0.1, 0.15) is 42.1 Å². The van der Waals surface area contributed by atoms with E-state index < -0.39 is 0 Å². The van der Waals surface area contributed by atoms with E-state index in [1.807, 2.05) is 30.3 Å². The second-order valence-corrected chi connectivity index (χ2v) is 4.54. The van der Waals surface area contributed by atoms with Crippen LogP contribution < -0.4 is 5.32 Å². The van der Waals surface area contributed by atoms with Crippen molar-refractivity contribution < 1.29 is 4.79 Å². The summed E-state index contributed by atoms with van der Waals surface area (Å²) in [6.45, 7) is 2.16. The lowest BCUT2D eigenvalue weighted by atomic mass is 10.1. The molecule has 0 atom stereocenters. The SMILES string of the molecule is CCCc1ccc(C(=O)NC2=CCCC=C2)cc1. The molecular formula is C16H19NO. The van der Waals surface area contributed by atoms with Crippen LogP contribution in [0.4, 0.5) is 0 Å². The van der Waals surface area contributed by atoms with Gasteiger partial charge in [-0.3, -0.25) is 4.79 Å². The molecule has 1 N–H and O–H groups in total. The highest BCUT2D eigenvalue weighted by Crippen LogP contribution is 2.10. The van der Waals surface area contributed by atoms with Crippen LogP contribution in [-0.4, -0.2) is 5.91 Å². The predicted octanol–water partition coefficient (Wildman–Crippen LogP) is 3.60. The van der Waals surface area contributed by atoms with E-state index in [2.05, 4.69) is 24.4 Å². The van der Waals surface area contributed by atoms with Gasteiger partial charge in [0.25, 0.3) is 5.91 Å². The average Bonchev–Trinajstić information content (AvgIpc) is 2.41. The molecule has 1 aromatic rings. The van der Waals surface area contributed by atoms with Gasteiger partial charge in [0.15, 0.2) is 0 Å². The summed E-state index contributed by atoms with van der Waals surface area (Å²) < 4.78 is 0.